The average molecular weight is 348 g/mol. The fourth-order valence-corrected chi connectivity index (χ4v) is 3.45. The summed E-state index contributed by atoms with van der Waals surface area (Å²) in [7, 11) is 0. The molecule has 26 heavy (non-hydrogen) atoms. The minimum atomic E-state index is -0.596. The maximum absolute atomic E-state index is 10.4. The van der Waals surface area contributed by atoms with Gasteiger partial charge in [-0.05, 0) is 37.4 Å². The third kappa shape index (κ3) is 3.69. The van der Waals surface area contributed by atoms with Crippen LogP contribution in [0, 0.1) is 6.92 Å². The van der Waals surface area contributed by atoms with Gasteiger partial charge in [0, 0.05) is 11.6 Å². The molecule has 4 rings (SSSR count). The van der Waals surface area contributed by atoms with Crippen LogP contribution in [0.15, 0.2) is 54.7 Å². The van der Waals surface area contributed by atoms with Crippen LogP contribution in [-0.4, -0.2) is 26.6 Å². The van der Waals surface area contributed by atoms with Crippen LogP contribution in [0.4, 0.5) is 0 Å². The van der Waals surface area contributed by atoms with Gasteiger partial charge in [-0.1, -0.05) is 59.3 Å². The molecule has 0 saturated carbocycles. The summed E-state index contributed by atoms with van der Waals surface area (Å²) in [6.07, 6.45) is 3.73. The van der Waals surface area contributed by atoms with Crippen molar-refractivity contribution in [2.45, 2.75) is 38.5 Å². The number of hydrogen-bond acceptors (Lipinski definition) is 4. The van der Waals surface area contributed by atoms with Crippen molar-refractivity contribution in [2.24, 2.45) is 0 Å². The zero-order valence-electron chi connectivity index (χ0n) is 15.0. The summed E-state index contributed by atoms with van der Waals surface area (Å²) in [4.78, 5) is 0. The Bertz CT molecular complexity index is 848. The van der Waals surface area contributed by atoms with Crippen LogP contribution in [0.1, 0.15) is 41.7 Å². The number of rotatable bonds is 5. The molecule has 1 aliphatic rings. The number of nitrogens with one attached hydrogen (secondary N) is 1. The Morgan fingerprint density at radius 3 is 2.62 bits per heavy atom. The van der Waals surface area contributed by atoms with Gasteiger partial charge in [-0.3, -0.25) is 0 Å². The Labute approximate surface area is 153 Å². The monoisotopic (exact) mass is 348 g/mol. The minimum Gasteiger partial charge on any atom is -0.386 e. The topological polar surface area (TPSA) is 63.0 Å². The lowest BCUT2D eigenvalue weighted by molar-refractivity contribution is 0.150. The molecule has 1 saturated heterocycles. The van der Waals surface area contributed by atoms with Gasteiger partial charge in [0.2, 0.25) is 0 Å². The van der Waals surface area contributed by atoms with E-state index in [0.717, 1.165) is 23.4 Å². The Morgan fingerprint density at radius 2 is 1.92 bits per heavy atom. The van der Waals surface area contributed by atoms with Crippen LogP contribution < -0.4 is 5.32 Å². The standard InChI is InChI=1S/C21H24N4O/c1-15-4-6-18(7-5-15)21(26)14-25-13-20(23-24-25)17-10-8-16(9-11-17)19-3-2-12-22-19/h4-11,13,19,21-22,26H,2-3,12,14H2,1H3/t19?,21-/m1/s1. The van der Waals surface area contributed by atoms with E-state index in [9.17, 15) is 5.11 Å². The molecule has 0 spiro atoms. The smallest absolute Gasteiger partial charge is 0.113 e. The average Bonchev–Trinajstić information content (AvgIpc) is 3.34. The summed E-state index contributed by atoms with van der Waals surface area (Å²) in [6, 6.07) is 16.9. The highest BCUT2D eigenvalue weighted by Gasteiger charge is 2.16. The van der Waals surface area contributed by atoms with Crippen molar-refractivity contribution < 1.29 is 5.11 Å². The first-order chi connectivity index (χ1) is 12.7. The van der Waals surface area contributed by atoms with E-state index in [1.807, 2.05) is 37.4 Å². The lowest BCUT2D eigenvalue weighted by Crippen LogP contribution is -2.12. The summed E-state index contributed by atoms with van der Waals surface area (Å²) >= 11 is 0. The molecule has 1 aromatic heterocycles. The number of hydrogen-bond donors (Lipinski definition) is 2. The maximum atomic E-state index is 10.4. The van der Waals surface area contributed by atoms with E-state index >= 15 is 0 Å². The second kappa shape index (κ2) is 7.40. The van der Waals surface area contributed by atoms with Crippen molar-refractivity contribution in [1.82, 2.24) is 20.3 Å². The highest BCUT2D eigenvalue weighted by molar-refractivity contribution is 5.58. The third-order valence-corrected chi connectivity index (χ3v) is 5.03. The van der Waals surface area contributed by atoms with Crippen molar-refractivity contribution in [1.29, 1.82) is 0 Å². The second-order valence-electron chi connectivity index (χ2n) is 7.02. The molecule has 0 amide bonds. The molecule has 0 bridgehead atoms. The van der Waals surface area contributed by atoms with Gasteiger partial charge in [0.05, 0.1) is 18.8 Å². The first-order valence-corrected chi connectivity index (χ1v) is 9.17. The van der Waals surface area contributed by atoms with E-state index in [-0.39, 0.29) is 0 Å². The number of aryl methyl sites for hydroxylation is 1. The molecule has 5 nitrogen and oxygen atoms in total. The van der Waals surface area contributed by atoms with Gasteiger partial charge in [-0.2, -0.15) is 0 Å². The zero-order valence-corrected chi connectivity index (χ0v) is 15.0. The quantitative estimate of drug-likeness (QED) is 0.742. The maximum Gasteiger partial charge on any atom is 0.113 e. The lowest BCUT2D eigenvalue weighted by atomic mass is 10.0. The Morgan fingerprint density at radius 1 is 1.15 bits per heavy atom. The summed E-state index contributed by atoms with van der Waals surface area (Å²) in [5.74, 6) is 0. The van der Waals surface area contributed by atoms with E-state index in [0.29, 0.717) is 12.6 Å². The van der Waals surface area contributed by atoms with Crippen molar-refractivity contribution in [3.63, 3.8) is 0 Å². The number of benzene rings is 2. The first kappa shape index (κ1) is 16.9. The molecule has 2 atom stereocenters. The predicted molar refractivity (Wildman–Crippen MR) is 102 cm³/mol. The fourth-order valence-electron chi connectivity index (χ4n) is 3.45. The first-order valence-electron chi connectivity index (χ1n) is 9.17. The fraction of sp³-hybridized carbons (Fsp3) is 0.333. The summed E-state index contributed by atoms with van der Waals surface area (Å²) < 4.78 is 1.70. The van der Waals surface area contributed by atoms with Crippen molar-refractivity contribution >= 4 is 0 Å². The van der Waals surface area contributed by atoms with Gasteiger partial charge in [0.15, 0.2) is 0 Å². The number of aromatic nitrogens is 3. The van der Waals surface area contributed by atoms with Crippen molar-refractivity contribution in [3.05, 3.63) is 71.4 Å². The van der Waals surface area contributed by atoms with Gasteiger partial charge in [0.25, 0.3) is 0 Å². The van der Waals surface area contributed by atoms with Crippen LogP contribution in [-0.2, 0) is 6.54 Å². The molecule has 2 aromatic carbocycles. The van der Waals surface area contributed by atoms with Crippen LogP contribution in [0.2, 0.25) is 0 Å². The van der Waals surface area contributed by atoms with E-state index in [1.165, 1.54) is 24.0 Å². The van der Waals surface area contributed by atoms with Gasteiger partial charge in [-0.15, -0.1) is 5.10 Å². The molecular weight excluding hydrogens is 324 g/mol. The highest BCUT2D eigenvalue weighted by atomic mass is 16.3. The molecule has 0 aliphatic carbocycles. The molecule has 134 valence electrons. The van der Waals surface area contributed by atoms with Crippen LogP contribution >= 0.6 is 0 Å². The Balaban J connectivity index is 1.44. The SMILES string of the molecule is Cc1ccc([C@H](O)Cn2cc(-c3ccc(C4CCCN4)cc3)nn2)cc1. The van der Waals surface area contributed by atoms with Gasteiger partial charge in [0.1, 0.15) is 5.69 Å². The molecular formula is C21H24N4O. The summed E-state index contributed by atoms with van der Waals surface area (Å²) in [5.41, 5.74) is 5.27. The van der Waals surface area contributed by atoms with E-state index in [4.69, 9.17) is 0 Å². The lowest BCUT2D eigenvalue weighted by Gasteiger charge is -2.11. The normalized spacial score (nSPS) is 18.2. The molecule has 2 heterocycles. The molecule has 2 N–H and O–H groups in total. The summed E-state index contributed by atoms with van der Waals surface area (Å²) in [6.45, 7) is 3.53. The number of nitrogens with zero attached hydrogens (tertiary/aromatic N) is 3. The van der Waals surface area contributed by atoms with Gasteiger partial charge >= 0.3 is 0 Å². The molecule has 1 fully saturated rings. The summed E-state index contributed by atoms with van der Waals surface area (Å²) in [5, 5.41) is 22.4. The number of aliphatic hydroxyl groups is 1. The van der Waals surface area contributed by atoms with E-state index < -0.39 is 6.10 Å². The Kier molecular flexibility index (Phi) is 4.82. The van der Waals surface area contributed by atoms with Crippen LogP contribution in [0.3, 0.4) is 0 Å². The third-order valence-electron chi connectivity index (χ3n) is 5.03. The zero-order chi connectivity index (χ0) is 17.9. The number of aliphatic hydroxyl groups excluding tert-OH is 1. The highest BCUT2D eigenvalue weighted by Crippen LogP contribution is 2.25. The predicted octanol–water partition coefficient (Wildman–Crippen LogP) is 3.41. The molecule has 5 heteroatoms. The minimum absolute atomic E-state index is 0.389. The van der Waals surface area contributed by atoms with E-state index in [2.05, 4.69) is 39.9 Å². The van der Waals surface area contributed by atoms with Crippen LogP contribution in [0.5, 0.6) is 0 Å². The van der Waals surface area contributed by atoms with Gasteiger partial charge in [-0.25, -0.2) is 4.68 Å². The largest absolute Gasteiger partial charge is 0.386 e. The molecule has 0 radical (unpaired) electrons. The molecule has 1 aliphatic heterocycles. The van der Waals surface area contributed by atoms with Gasteiger partial charge < -0.3 is 10.4 Å². The van der Waals surface area contributed by atoms with Crippen molar-refractivity contribution in [3.8, 4) is 11.3 Å². The second-order valence-corrected chi connectivity index (χ2v) is 7.02. The molecule has 1 unspecified atom stereocenters. The van der Waals surface area contributed by atoms with E-state index in [1.54, 1.807) is 4.68 Å². The van der Waals surface area contributed by atoms with Crippen molar-refractivity contribution in [2.75, 3.05) is 6.54 Å². The van der Waals surface area contributed by atoms with Crippen LogP contribution in [0.25, 0.3) is 11.3 Å². The Hall–Kier alpha value is -2.50. The molecule has 3 aromatic rings.